The van der Waals surface area contributed by atoms with Gasteiger partial charge in [0, 0.05) is 36.6 Å². The van der Waals surface area contributed by atoms with E-state index in [1.807, 2.05) is 11.9 Å². The molecule has 0 saturated carbocycles. The molecule has 0 radical (unpaired) electrons. The van der Waals surface area contributed by atoms with Crippen LogP contribution in [0.15, 0.2) is 18.2 Å². The third-order valence-electron chi connectivity index (χ3n) is 3.69. The van der Waals surface area contributed by atoms with E-state index in [2.05, 4.69) is 11.9 Å². The van der Waals surface area contributed by atoms with Crippen molar-refractivity contribution < 1.29 is 4.79 Å². The number of likely N-dealkylation sites (N-methyl/N-ethyl adjacent to an activating group) is 2. The number of nitrogens with two attached hydrogens (primary N) is 2. The SMILES string of the molecule is CN1CCCC(N(C)C(=O)c2cc(N)cc(N)c2)C1. The van der Waals surface area contributed by atoms with Gasteiger partial charge in [-0.15, -0.1) is 0 Å². The maximum atomic E-state index is 12.5. The summed E-state index contributed by atoms with van der Waals surface area (Å²) in [5, 5.41) is 0. The molecule has 0 aliphatic carbocycles. The lowest BCUT2D eigenvalue weighted by Gasteiger charge is -2.36. The Labute approximate surface area is 114 Å². The maximum Gasteiger partial charge on any atom is 0.254 e. The van der Waals surface area contributed by atoms with Crippen LogP contribution in [0.1, 0.15) is 23.2 Å². The first-order valence-corrected chi connectivity index (χ1v) is 6.59. The highest BCUT2D eigenvalue weighted by atomic mass is 16.2. The van der Waals surface area contributed by atoms with Crippen molar-refractivity contribution in [3.63, 3.8) is 0 Å². The van der Waals surface area contributed by atoms with E-state index in [4.69, 9.17) is 11.5 Å². The van der Waals surface area contributed by atoms with Crippen LogP contribution in [0.3, 0.4) is 0 Å². The average molecular weight is 262 g/mol. The van der Waals surface area contributed by atoms with E-state index in [0.717, 1.165) is 25.9 Å². The van der Waals surface area contributed by atoms with Crippen molar-refractivity contribution in [1.82, 2.24) is 9.80 Å². The molecule has 1 aliphatic heterocycles. The molecule has 5 nitrogen and oxygen atoms in total. The van der Waals surface area contributed by atoms with Crippen LogP contribution in [0, 0.1) is 0 Å². The highest BCUT2D eigenvalue weighted by Crippen LogP contribution is 2.19. The number of carbonyl (C=O) groups is 1. The van der Waals surface area contributed by atoms with Crippen molar-refractivity contribution in [2.75, 3.05) is 38.7 Å². The second kappa shape index (κ2) is 5.48. The number of carbonyl (C=O) groups excluding carboxylic acids is 1. The summed E-state index contributed by atoms with van der Waals surface area (Å²) in [6.45, 7) is 2.02. The van der Waals surface area contributed by atoms with Crippen LogP contribution >= 0.6 is 0 Å². The zero-order chi connectivity index (χ0) is 14.0. The molecule has 2 rings (SSSR count). The van der Waals surface area contributed by atoms with Crippen molar-refractivity contribution >= 4 is 17.3 Å². The molecule has 1 heterocycles. The van der Waals surface area contributed by atoms with Crippen LogP contribution in [0.4, 0.5) is 11.4 Å². The zero-order valence-electron chi connectivity index (χ0n) is 11.6. The van der Waals surface area contributed by atoms with Crippen molar-refractivity contribution in [2.45, 2.75) is 18.9 Å². The second-order valence-corrected chi connectivity index (χ2v) is 5.36. The summed E-state index contributed by atoms with van der Waals surface area (Å²) in [4.78, 5) is 16.5. The van der Waals surface area contributed by atoms with E-state index in [-0.39, 0.29) is 11.9 Å². The van der Waals surface area contributed by atoms with Gasteiger partial charge in [0.15, 0.2) is 0 Å². The van der Waals surface area contributed by atoms with Crippen LogP contribution in [-0.4, -0.2) is 48.9 Å². The highest BCUT2D eigenvalue weighted by molar-refractivity contribution is 5.96. The fourth-order valence-electron chi connectivity index (χ4n) is 2.62. The molecule has 1 aliphatic rings. The summed E-state index contributed by atoms with van der Waals surface area (Å²) in [5.74, 6) is -0.0145. The highest BCUT2D eigenvalue weighted by Gasteiger charge is 2.25. The van der Waals surface area contributed by atoms with Gasteiger partial charge in [-0.2, -0.15) is 0 Å². The predicted molar refractivity (Wildman–Crippen MR) is 77.9 cm³/mol. The summed E-state index contributed by atoms with van der Waals surface area (Å²) < 4.78 is 0. The third-order valence-corrected chi connectivity index (χ3v) is 3.69. The van der Waals surface area contributed by atoms with Crippen molar-refractivity contribution in [3.8, 4) is 0 Å². The van der Waals surface area contributed by atoms with Gasteiger partial charge in [0.25, 0.3) is 5.91 Å². The number of anilines is 2. The first-order valence-electron chi connectivity index (χ1n) is 6.59. The summed E-state index contributed by atoms with van der Waals surface area (Å²) in [5.41, 5.74) is 13.1. The molecule has 0 bridgehead atoms. The van der Waals surface area contributed by atoms with E-state index in [0.29, 0.717) is 16.9 Å². The largest absolute Gasteiger partial charge is 0.399 e. The van der Waals surface area contributed by atoms with Gasteiger partial charge in [0.1, 0.15) is 0 Å². The maximum absolute atomic E-state index is 12.5. The fraction of sp³-hybridized carbons (Fsp3) is 0.500. The Hall–Kier alpha value is -1.75. The van der Waals surface area contributed by atoms with Gasteiger partial charge < -0.3 is 21.3 Å². The lowest BCUT2D eigenvalue weighted by atomic mass is 10.0. The normalized spacial score (nSPS) is 20.2. The number of nitrogens with zero attached hydrogens (tertiary/aromatic N) is 2. The minimum atomic E-state index is -0.0145. The van der Waals surface area contributed by atoms with Crippen molar-refractivity contribution in [3.05, 3.63) is 23.8 Å². The van der Waals surface area contributed by atoms with Gasteiger partial charge in [-0.05, 0) is 44.6 Å². The van der Waals surface area contributed by atoms with E-state index in [1.54, 1.807) is 18.2 Å². The van der Waals surface area contributed by atoms with Gasteiger partial charge in [-0.25, -0.2) is 0 Å². The number of nitrogen functional groups attached to an aromatic ring is 2. The molecular weight excluding hydrogens is 240 g/mol. The molecule has 5 heteroatoms. The van der Waals surface area contributed by atoms with E-state index >= 15 is 0 Å². The van der Waals surface area contributed by atoms with Crippen LogP contribution in [0.25, 0.3) is 0 Å². The lowest BCUT2D eigenvalue weighted by Crippen LogP contribution is -2.47. The second-order valence-electron chi connectivity index (χ2n) is 5.36. The number of benzene rings is 1. The van der Waals surface area contributed by atoms with Crippen LogP contribution < -0.4 is 11.5 Å². The molecule has 19 heavy (non-hydrogen) atoms. The number of amides is 1. The Kier molecular flexibility index (Phi) is 3.95. The number of rotatable bonds is 2. The van der Waals surface area contributed by atoms with Crippen molar-refractivity contribution in [2.24, 2.45) is 0 Å². The van der Waals surface area contributed by atoms with E-state index in [9.17, 15) is 4.79 Å². The summed E-state index contributed by atoms with van der Waals surface area (Å²) >= 11 is 0. The zero-order valence-corrected chi connectivity index (χ0v) is 11.6. The minimum Gasteiger partial charge on any atom is -0.399 e. The molecule has 0 aromatic heterocycles. The predicted octanol–water partition coefficient (Wildman–Crippen LogP) is 1.02. The number of piperidine rings is 1. The standard InChI is InChI=1S/C14H22N4O/c1-17-5-3-4-13(9-17)18(2)14(19)10-6-11(15)8-12(16)7-10/h6-8,13H,3-5,9,15-16H2,1-2H3. The number of likely N-dealkylation sites (tertiary alicyclic amines) is 1. The Morgan fingerprint density at radius 1 is 1.32 bits per heavy atom. The third kappa shape index (κ3) is 3.17. The first kappa shape index (κ1) is 13.7. The van der Waals surface area contributed by atoms with Gasteiger partial charge in [-0.1, -0.05) is 0 Å². The molecule has 4 N–H and O–H groups in total. The van der Waals surface area contributed by atoms with Crippen LogP contribution in [0.2, 0.25) is 0 Å². The van der Waals surface area contributed by atoms with E-state index < -0.39 is 0 Å². The fourth-order valence-corrected chi connectivity index (χ4v) is 2.62. The Morgan fingerprint density at radius 3 is 2.53 bits per heavy atom. The van der Waals surface area contributed by atoms with Gasteiger partial charge >= 0.3 is 0 Å². The monoisotopic (exact) mass is 262 g/mol. The molecule has 0 spiro atoms. The molecule has 1 saturated heterocycles. The van der Waals surface area contributed by atoms with Gasteiger partial charge in [-0.3, -0.25) is 4.79 Å². The molecular formula is C14H22N4O. The average Bonchev–Trinajstić information content (AvgIpc) is 2.36. The van der Waals surface area contributed by atoms with E-state index in [1.165, 1.54) is 0 Å². The summed E-state index contributed by atoms with van der Waals surface area (Å²) in [7, 11) is 3.94. The Bertz CT molecular complexity index is 454. The first-order chi connectivity index (χ1) is 8.97. The van der Waals surface area contributed by atoms with Crippen LogP contribution in [0.5, 0.6) is 0 Å². The molecule has 1 unspecified atom stereocenters. The lowest BCUT2D eigenvalue weighted by molar-refractivity contribution is 0.0644. The van der Waals surface area contributed by atoms with Crippen molar-refractivity contribution in [1.29, 1.82) is 0 Å². The molecule has 1 aromatic carbocycles. The molecule has 104 valence electrons. The minimum absolute atomic E-state index is 0.0145. The molecule has 1 atom stereocenters. The molecule has 1 fully saturated rings. The Balaban J connectivity index is 2.13. The van der Waals surface area contributed by atoms with Gasteiger partial charge in [0.2, 0.25) is 0 Å². The smallest absolute Gasteiger partial charge is 0.254 e. The molecule has 1 amide bonds. The molecule has 1 aromatic rings. The summed E-state index contributed by atoms with van der Waals surface area (Å²) in [6.07, 6.45) is 2.17. The quantitative estimate of drug-likeness (QED) is 0.780. The number of hydrogen-bond donors (Lipinski definition) is 2. The topological polar surface area (TPSA) is 75.6 Å². The summed E-state index contributed by atoms with van der Waals surface area (Å²) in [6, 6.07) is 5.28. The van der Waals surface area contributed by atoms with Gasteiger partial charge in [0.05, 0.1) is 0 Å². The Morgan fingerprint density at radius 2 is 1.95 bits per heavy atom. The van der Waals surface area contributed by atoms with Crippen LogP contribution in [-0.2, 0) is 0 Å². The number of hydrogen-bond acceptors (Lipinski definition) is 4.